The molecule has 0 radical (unpaired) electrons. The van der Waals surface area contributed by atoms with Gasteiger partial charge in [-0.1, -0.05) is 12.1 Å². The largest absolute Gasteiger partial charge is 0.508 e. The molecule has 0 aromatic heterocycles. The number of phenolic OH excluding ortho intramolecular Hbond substituents is 1. The molecule has 0 spiro atoms. The number of rotatable bonds is 3. The van der Waals surface area contributed by atoms with Crippen LogP contribution in [-0.2, 0) is 4.74 Å². The Balaban J connectivity index is 2.24. The lowest BCUT2D eigenvalue weighted by Gasteiger charge is -2.40. The van der Waals surface area contributed by atoms with E-state index in [-0.39, 0.29) is 24.8 Å². The van der Waals surface area contributed by atoms with Gasteiger partial charge in [-0.15, -0.1) is 0 Å². The molecule has 0 unspecified atom stereocenters. The molecule has 6 nitrogen and oxygen atoms in total. The number of aromatic hydroxyl groups is 1. The molecule has 1 amide bonds. The first kappa shape index (κ1) is 14.6. The fourth-order valence-electron chi connectivity index (χ4n) is 2.65. The highest BCUT2D eigenvalue weighted by Gasteiger charge is 2.39. The Morgan fingerprint density at radius 3 is 2.55 bits per heavy atom. The van der Waals surface area contributed by atoms with Crippen molar-refractivity contribution >= 4 is 6.09 Å². The second kappa shape index (κ2) is 6.11. The number of carboxylic acid groups (broad SMARTS) is 1. The summed E-state index contributed by atoms with van der Waals surface area (Å²) >= 11 is 0. The summed E-state index contributed by atoms with van der Waals surface area (Å²) in [4.78, 5) is 12.2. The van der Waals surface area contributed by atoms with E-state index in [1.165, 1.54) is 4.90 Å². The molecule has 1 heterocycles. The van der Waals surface area contributed by atoms with Crippen LogP contribution in [0.3, 0.4) is 0 Å². The number of nitrogens with zero attached hydrogens (tertiary/aromatic N) is 1. The minimum Gasteiger partial charge on any atom is -0.508 e. The molecule has 6 heteroatoms. The number of aliphatic hydroxyl groups excluding tert-OH is 1. The first-order chi connectivity index (χ1) is 9.52. The van der Waals surface area contributed by atoms with Gasteiger partial charge in [0.25, 0.3) is 0 Å². The molecule has 0 bridgehead atoms. The Bertz CT molecular complexity index is 461. The lowest BCUT2D eigenvalue weighted by molar-refractivity contribution is -0.0562. The zero-order valence-electron chi connectivity index (χ0n) is 11.3. The highest BCUT2D eigenvalue weighted by molar-refractivity contribution is 5.65. The van der Waals surface area contributed by atoms with Crippen molar-refractivity contribution in [1.29, 1.82) is 0 Å². The highest BCUT2D eigenvalue weighted by Crippen LogP contribution is 2.31. The minimum absolute atomic E-state index is 0.0600. The van der Waals surface area contributed by atoms with Gasteiger partial charge in [-0.2, -0.15) is 0 Å². The Morgan fingerprint density at radius 2 is 2.00 bits per heavy atom. The average molecular weight is 281 g/mol. The number of hydrogen-bond acceptors (Lipinski definition) is 4. The van der Waals surface area contributed by atoms with Crippen LogP contribution in [0.2, 0.25) is 0 Å². The van der Waals surface area contributed by atoms with Crippen LogP contribution in [0.5, 0.6) is 5.75 Å². The maximum Gasteiger partial charge on any atom is 0.407 e. The van der Waals surface area contributed by atoms with E-state index < -0.39 is 18.3 Å². The van der Waals surface area contributed by atoms with Crippen LogP contribution >= 0.6 is 0 Å². The van der Waals surface area contributed by atoms with Gasteiger partial charge in [0.05, 0.1) is 25.3 Å². The SMILES string of the molecule is CCO[C@@H]1CN(C(=O)O)C[C@H](O)[C@H]1c1ccc(O)cc1. The molecule has 2 rings (SSSR count). The topological polar surface area (TPSA) is 90.2 Å². The summed E-state index contributed by atoms with van der Waals surface area (Å²) in [6.07, 6.45) is -2.29. The van der Waals surface area contributed by atoms with Gasteiger partial charge in [0.15, 0.2) is 0 Å². The number of carbonyl (C=O) groups is 1. The summed E-state index contributed by atoms with van der Waals surface area (Å²) in [5.74, 6) is -0.148. The van der Waals surface area contributed by atoms with Gasteiger partial charge >= 0.3 is 6.09 Å². The van der Waals surface area contributed by atoms with Crippen molar-refractivity contribution in [2.75, 3.05) is 19.7 Å². The number of benzene rings is 1. The molecular weight excluding hydrogens is 262 g/mol. The number of likely N-dealkylation sites (tertiary alicyclic amines) is 1. The Labute approximate surface area is 117 Å². The van der Waals surface area contributed by atoms with E-state index in [9.17, 15) is 15.0 Å². The Hall–Kier alpha value is -1.79. The molecular formula is C14H19NO5. The summed E-state index contributed by atoms with van der Waals surface area (Å²) in [6, 6.07) is 6.56. The summed E-state index contributed by atoms with van der Waals surface area (Å²) in [6.45, 7) is 2.57. The standard InChI is InChI=1S/C14H19NO5/c1-2-20-12-8-15(14(18)19)7-11(17)13(12)9-3-5-10(16)6-4-9/h3-6,11-13,16-17H,2,7-8H2,1H3,(H,18,19)/t11-,12+,13+/m0/s1. The van der Waals surface area contributed by atoms with E-state index in [1.807, 2.05) is 6.92 Å². The fraction of sp³-hybridized carbons (Fsp3) is 0.500. The number of phenols is 1. The molecule has 1 aliphatic rings. The molecule has 3 atom stereocenters. The van der Waals surface area contributed by atoms with Gasteiger partial charge in [0, 0.05) is 12.5 Å². The molecule has 1 aliphatic heterocycles. The van der Waals surface area contributed by atoms with Crippen LogP contribution in [0.4, 0.5) is 4.79 Å². The summed E-state index contributed by atoms with van der Waals surface area (Å²) in [5, 5.41) is 28.6. The van der Waals surface area contributed by atoms with E-state index >= 15 is 0 Å². The third-order valence-electron chi connectivity index (χ3n) is 3.55. The predicted molar refractivity (Wildman–Crippen MR) is 71.9 cm³/mol. The lowest BCUT2D eigenvalue weighted by Crippen LogP contribution is -2.53. The lowest BCUT2D eigenvalue weighted by atomic mass is 9.84. The second-order valence-electron chi connectivity index (χ2n) is 4.87. The number of piperidine rings is 1. The van der Waals surface area contributed by atoms with E-state index in [0.717, 1.165) is 5.56 Å². The van der Waals surface area contributed by atoms with Crippen molar-refractivity contribution in [2.45, 2.75) is 25.0 Å². The van der Waals surface area contributed by atoms with Crippen LogP contribution in [-0.4, -0.2) is 58.2 Å². The normalized spacial score (nSPS) is 26.5. The van der Waals surface area contributed by atoms with E-state index in [0.29, 0.717) is 6.61 Å². The molecule has 1 aromatic carbocycles. The molecule has 20 heavy (non-hydrogen) atoms. The fourth-order valence-corrected chi connectivity index (χ4v) is 2.65. The maximum absolute atomic E-state index is 11.1. The van der Waals surface area contributed by atoms with Gasteiger partial charge in [-0.05, 0) is 24.6 Å². The molecule has 3 N–H and O–H groups in total. The average Bonchev–Trinajstić information content (AvgIpc) is 2.40. The van der Waals surface area contributed by atoms with Crippen molar-refractivity contribution < 1.29 is 24.9 Å². The predicted octanol–water partition coefficient (Wildman–Crippen LogP) is 1.24. The molecule has 1 aromatic rings. The third-order valence-corrected chi connectivity index (χ3v) is 3.55. The summed E-state index contributed by atoms with van der Waals surface area (Å²) < 4.78 is 5.60. The van der Waals surface area contributed by atoms with E-state index in [2.05, 4.69) is 0 Å². The molecule has 1 saturated heterocycles. The quantitative estimate of drug-likeness (QED) is 0.775. The third kappa shape index (κ3) is 3.02. The van der Waals surface area contributed by atoms with Crippen molar-refractivity contribution in [3.63, 3.8) is 0 Å². The van der Waals surface area contributed by atoms with Crippen LogP contribution in [0.25, 0.3) is 0 Å². The van der Waals surface area contributed by atoms with E-state index in [1.54, 1.807) is 24.3 Å². The maximum atomic E-state index is 11.1. The summed E-state index contributed by atoms with van der Waals surface area (Å²) in [5.41, 5.74) is 0.832. The van der Waals surface area contributed by atoms with Crippen molar-refractivity contribution in [3.05, 3.63) is 29.8 Å². The van der Waals surface area contributed by atoms with Crippen molar-refractivity contribution in [2.24, 2.45) is 0 Å². The molecule has 0 saturated carbocycles. The van der Waals surface area contributed by atoms with Gasteiger partial charge in [-0.25, -0.2) is 4.79 Å². The Kier molecular flexibility index (Phi) is 4.46. The second-order valence-corrected chi connectivity index (χ2v) is 4.87. The monoisotopic (exact) mass is 281 g/mol. The van der Waals surface area contributed by atoms with Crippen molar-refractivity contribution in [3.8, 4) is 5.75 Å². The number of β-amino-alcohol motifs (C(OH)–C–C–N with tert-alkyl or cyclic N) is 1. The van der Waals surface area contributed by atoms with Gasteiger partial charge < -0.3 is 25.0 Å². The van der Waals surface area contributed by atoms with Gasteiger partial charge in [0.2, 0.25) is 0 Å². The number of hydrogen-bond donors (Lipinski definition) is 3. The first-order valence-corrected chi connectivity index (χ1v) is 6.59. The smallest absolute Gasteiger partial charge is 0.407 e. The number of aliphatic hydroxyl groups is 1. The number of amides is 1. The van der Waals surface area contributed by atoms with Crippen LogP contribution in [0.1, 0.15) is 18.4 Å². The summed E-state index contributed by atoms with van der Waals surface area (Å²) in [7, 11) is 0. The van der Waals surface area contributed by atoms with Crippen LogP contribution in [0, 0.1) is 0 Å². The molecule has 110 valence electrons. The zero-order chi connectivity index (χ0) is 14.7. The van der Waals surface area contributed by atoms with Crippen LogP contribution < -0.4 is 0 Å². The van der Waals surface area contributed by atoms with E-state index in [4.69, 9.17) is 9.84 Å². The Morgan fingerprint density at radius 1 is 1.35 bits per heavy atom. The van der Waals surface area contributed by atoms with Crippen LogP contribution in [0.15, 0.2) is 24.3 Å². The zero-order valence-corrected chi connectivity index (χ0v) is 11.3. The van der Waals surface area contributed by atoms with Gasteiger partial charge in [0.1, 0.15) is 5.75 Å². The minimum atomic E-state index is -1.06. The van der Waals surface area contributed by atoms with Crippen molar-refractivity contribution in [1.82, 2.24) is 4.90 Å². The number of ether oxygens (including phenoxy) is 1. The first-order valence-electron chi connectivity index (χ1n) is 6.59. The molecule has 0 aliphatic carbocycles. The highest BCUT2D eigenvalue weighted by atomic mass is 16.5. The molecule has 1 fully saturated rings. The van der Waals surface area contributed by atoms with Gasteiger partial charge in [-0.3, -0.25) is 0 Å².